The molecule has 2 aromatic carbocycles. The van der Waals surface area contributed by atoms with E-state index in [0.717, 1.165) is 16.8 Å². The minimum absolute atomic E-state index is 0.0228. The zero-order chi connectivity index (χ0) is 20.9. The Labute approximate surface area is 172 Å². The summed E-state index contributed by atoms with van der Waals surface area (Å²) < 4.78 is 1.76. The molecule has 0 atom stereocenters. The molecule has 0 spiro atoms. The van der Waals surface area contributed by atoms with Crippen molar-refractivity contribution in [1.29, 1.82) is 5.26 Å². The molecule has 0 aliphatic carbocycles. The van der Waals surface area contributed by atoms with Gasteiger partial charge in [-0.2, -0.15) is 10.4 Å². The van der Waals surface area contributed by atoms with E-state index in [1.807, 2.05) is 48.7 Å². The maximum atomic E-state index is 10.9. The smallest absolute Gasteiger partial charge is 0.265 e. The number of non-ortho nitro benzene ring substituents is 1. The molecule has 2 aromatic heterocycles. The van der Waals surface area contributed by atoms with Crippen LogP contribution in [0.5, 0.6) is 0 Å². The van der Waals surface area contributed by atoms with Crippen LogP contribution in [0.15, 0.2) is 85.3 Å². The molecule has 144 valence electrons. The van der Waals surface area contributed by atoms with Crippen LogP contribution in [0, 0.1) is 21.4 Å². The van der Waals surface area contributed by atoms with Crippen molar-refractivity contribution in [3.8, 4) is 23.0 Å². The number of pyridine rings is 1. The lowest BCUT2D eigenvalue weighted by molar-refractivity contribution is -0.384. The Morgan fingerprint density at radius 2 is 1.73 bits per heavy atom. The summed E-state index contributed by atoms with van der Waals surface area (Å²) in [5.74, 6) is 0. The number of rotatable bonds is 5. The third kappa shape index (κ3) is 3.84. The number of allylic oxidation sites excluding steroid dienone is 1. The fourth-order valence-electron chi connectivity index (χ4n) is 3.04. The first kappa shape index (κ1) is 18.8. The summed E-state index contributed by atoms with van der Waals surface area (Å²) in [4.78, 5) is 14.5. The fourth-order valence-corrected chi connectivity index (χ4v) is 3.04. The summed E-state index contributed by atoms with van der Waals surface area (Å²) in [5, 5.41) is 25.3. The first-order valence-corrected chi connectivity index (χ1v) is 9.08. The number of benzene rings is 2. The SMILES string of the molecule is N#C/C(=C\c1cn(-c2ccccc2)nc1-c1ccncc1)c1ccc([N+](=O)[O-])cc1. The highest BCUT2D eigenvalue weighted by Crippen LogP contribution is 2.28. The van der Waals surface area contributed by atoms with Gasteiger partial charge in [-0.25, -0.2) is 4.68 Å². The molecule has 4 aromatic rings. The van der Waals surface area contributed by atoms with Crippen LogP contribution in [0.1, 0.15) is 11.1 Å². The number of nitro groups is 1. The molecule has 0 amide bonds. The highest BCUT2D eigenvalue weighted by molar-refractivity contribution is 5.92. The lowest BCUT2D eigenvalue weighted by Crippen LogP contribution is -1.93. The van der Waals surface area contributed by atoms with Crippen molar-refractivity contribution in [1.82, 2.24) is 14.8 Å². The van der Waals surface area contributed by atoms with Crippen molar-refractivity contribution in [2.24, 2.45) is 0 Å². The highest BCUT2D eigenvalue weighted by atomic mass is 16.6. The molecule has 30 heavy (non-hydrogen) atoms. The number of nitro benzene ring substituents is 1. The summed E-state index contributed by atoms with van der Waals surface area (Å²) >= 11 is 0. The van der Waals surface area contributed by atoms with E-state index in [4.69, 9.17) is 5.10 Å². The number of hydrogen-bond acceptors (Lipinski definition) is 5. The average molecular weight is 393 g/mol. The van der Waals surface area contributed by atoms with E-state index in [1.165, 1.54) is 12.1 Å². The van der Waals surface area contributed by atoms with Gasteiger partial charge in [0.2, 0.25) is 0 Å². The summed E-state index contributed by atoms with van der Waals surface area (Å²) in [6.45, 7) is 0. The molecule has 7 nitrogen and oxygen atoms in total. The molecule has 0 saturated carbocycles. The molecule has 0 aliphatic rings. The van der Waals surface area contributed by atoms with Crippen molar-refractivity contribution in [3.63, 3.8) is 0 Å². The summed E-state index contributed by atoms with van der Waals surface area (Å²) in [6.07, 6.45) is 6.97. The fraction of sp³-hybridized carbons (Fsp3) is 0. The third-order valence-corrected chi connectivity index (χ3v) is 4.53. The van der Waals surface area contributed by atoms with E-state index in [0.29, 0.717) is 16.8 Å². The molecule has 0 aliphatic heterocycles. The molecule has 2 heterocycles. The lowest BCUT2D eigenvalue weighted by atomic mass is 10.0. The number of para-hydroxylation sites is 1. The maximum absolute atomic E-state index is 10.9. The molecule has 0 saturated heterocycles. The summed E-state index contributed by atoms with van der Waals surface area (Å²) in [5.41, 5.74) is 4.17. The second-order valence-electron chi connectivity index (χ2n) is 6.42. The van der Waals surface area contributed by atoms with E-state index >= 15 is 0 Å². The molecule has 0 fully saturated rings. The Morgan fingerprint density at radius 1 is 1.03 bits per heavy atom. The molecule has 4 rings (SSSR count). The van der Waals surface area contributed by atoms with Gasteiger partial charge in [-0.1, -0.05) is 18.2 Å². The predicted molar refractivity (Wildman–Crippen MR) is 113 cm³/mol. The topological polar surface area (TPSA) is 97.6 Å². The lowest BCUT2D eigenvalue weighted by Gasteiger charge is -2.01. The quantitative estimate of drug-likeness (QED) is 0.273. The predicted octanol–water partition coefficient (Wildman–Crippen LogP) is 4.91. The van der Waals surface area contributed by atoms with Crippen LogP contribution in [0.3, 0.4) is 0 Å². The van der Waals surface area contributed by atoms with Crippen molar-refractivity contribution in [2.45, 2.75) is 0 Å². The average Bonchev–Trinajstić information content (AvgIpc) is 3.22. The van der Waals surface area contributed by atoms with Crippen LogP contribution in [-0.2, 0) is 0 Å². The summed E-state index contributed by atoms with van der Waals surface area (Å²) in [6, 6.07) is 21.5. The monoisotopic (exact) mass is 393 g/mol. The van der Waals surface area contributed by atoms with Crippen LogP contribution in [-0.4, -0.2) is 19.7 Å². The van der Waals surface area contributed by atoms with Crippen LogP contribution < -0.4 is 0 Å². The van der Waals surface area contributed by atoms with Crippen molar-refractivity contribution >= 4 is 17.3 Å². The molecular weight excluding hydrogens is 378 g/mol. The molecule has 0 N–H and O–H groups in total. The minimum Gasteiger partial charge on any atom is -0.265 e. The molecule has 7 heteroatoms. The van der Waals surface area contributed by atoms with E-state index in [9.17, 15) is 15.4 Å². The Hall–Kier alpha value is -4.57. The van der Waals surface area contributed by atoms with Crippen LogP contribution in [0.25, 0.3) is 28.6 Å². The second kappa shape index (κ2) is 8.20. The summed E-state index contributed by atoms with van der Waals surface area (Å²) in [7, 11) is 0. The number of nitrogens with zero attached hydrogens (tertiary/aromatic N) is 5. The normalized spacial score (nSPS) is 11.1. The minimum atomic E-state index is -0.467. The van der Waals surface area contributed by atoms with Gasteiger partial charge in [-0.15, -0.1) is 0 Å². The first-order valence-electron chi connectivity index (χ1n) is 9.08. The number of hydrogen-bond donors (Lipinski definition) is 0. The second-order valence-corrected chi connectivity index (χ2v) is 6.42. The van der Waals surface area contributed by atoms with Gasteiger partial charge in [0.25, 0.3) is 5.69 Å². The number of nitriles is 1. The van der Waals surface area contributed by atoms with Gasteiger partial charge in [0.1, 0.15) is 5.69 Å². The van der Waals surface area contributed by atoms with Crippen LogP contribution >= 0.6 is 0 Å². The van der Waals surface area contributed by atoms with Gasteiger partial charge in [0, 0.05) is 41.9 Å². The van der Waals surface area contributed by atoms with E-state index in [2.05, 4.69) is 11.1 Å². The van der Waals surface area contributed by atoms with Gasteiger partial charge in [0.05, 0.1) is 22.3 Å². The van der Waals surface area contributed by atoms with E-state index in [-0.39, 0.29) is 5.69 Å². The van der Waals surface area contributed by atoms with Gasteiger partial charge in [0.15, 0.2) is 0 Å². The van der Waals surface area contributed by atoms with E-state index in [1.54, 1.807) is 35.3 Å². The standard InChI is InChI=1S/C23H15N5O2/c24-15-19(17-6-8-22(9-7-17)28(29)30)14-20-16-27(21-4-2-1-3-5-21)26-23(20)18-10-12-25-13-11-18/h1-14,16H/b19-14+. The first-order chi connectivity index (χ1) is 14.7. The highest BCUT2D eigenvalue weighted by Gasteiger charge is 2.13. The molecule has 0 unspecified atom stereocenters. The van der Waals surface area contributed by atoms with Gasteiger partial charge >= 0.3 is 0 Å². The van der Waals surface area contributed by atoms with Gasteiger partial charge < -0.3 is 0 Å². The van der Waals surface area contributed by atoms with Crippen LogP contribution in [0.4, 0.5) is 5.69 Å². The van der Waals surface area contributed by atoms with Gasteiger partial charge in [-0.05, 0) is 48.0 Å². The van der Waals surface area contributed by atoms with Crippen molar-refractivity contribution in [2.75, 3.05) is 0 Å². The Morgan fingerprint density at radius 3 is 2.37 bits per heavy atom. The van der Waals surface area contributed by atoms with Gasteiger partial charge in [-0.3, -0.25) is 15.1 Å². The molecular formula is C23H15N5O2. The Kier molecular flexibility index (Phi) is 5.14. The zero-order valence-electron chi connectivity index (χ0n) is 15.7. The maximum Gasteiger partial charge on any atom is 0.269 e. The van der Waals surface area contributed by atoms with Crippen LogP contribution in [0.2, 0.25) is 0 Å². The number of aromatic nitrogens is 3. The molecule has 0 radical (unpaired) electrons. The van der Waals surface area contributed by atoms with E-state index < -0.39 is 4.92 Å². The molecule has 0 bridgehead atoms. The third-order valence-electron chi connectivity index (χ3n) is 4.53. The Balaban J connectivity index is 1.82. The van der Waals surface area contributed by atoms with Crippen molar-refractivity contribution < 1.29 is 4.92 Å². The largest absolute Gasteiger partial charge is 0.269 e. The van der Waals surface area contributed by atoms with Crippen molar-refractivity contribution in [3.05, 3.63) is 107 Å². The Bertz CT molecular complexity index is 1250. The zero-order valence-corrected chi connectivity index (χ0v) is 15.7.